The maximum Gasteiger partial charge on any atom is 0.341 e. The van der Waals surface area contributed by atoms with E-state index in [1.807, 2.05) is 12.4 Å². The molecule has 37 heavy (non-hydrogen) atoms. The van der Waals surface area contributed by atoms with Gasteiger partial charge in [-0.3, -0.25) is 0 Å². The van der Waals surface area contributed by atoms with Crippen molar-refractivity contribution >= 4 is 5.97 Å². The van der Waals surface area contributed by atoms with Crippen LogP contribution in [0.5, 0.6) is 0 Å². The zero-order valence-corrected chi connectivity index (χ0v) is 23.2. The molecule has 0 amide bonds. The number of carbonyl (C=O) groups excluding carboxylic acids is 1. The Balaban J connectivity index is 1.42. The standard InChI is InChI=1S/C32H47FN2O2/c1-3-5-7-9-11-12-14-25-16-19-28(20-17-25)37-32(36)29-21-18-27(22-30(29)33)31-34-23-26(24-35-31)15-13-10-8-6-4-2/h18,21-25,28H,3-17,19-20H2,1-2H3/t25-,28-. The zero-order valence-electron chi connectivity index (χ0n) is 23.2. The van der Waals surface area contributed by atoms with E-state index >= 15 is 0 Å². The van der Waals surface area contributed by atoms with E-state index in [-0.39, 0.29) is 11.7 Å². The van der Waals surface area contributed by atoms with Gasteiger partial charge in [-0.2, -0.15) is 0 Å². The number of hydrogen-bond acceptors (Lipinski definition) is 4. The lowest BCUT2D eigenvalue weighted by molar-refractivity contribution is 0.0156. The Morgan fingerprint density at radius 3 is 2.14 bits per heavy atom. The molecule has 3 rings (SSSR count). The molecule has 0 bridgehead atoms. The predicted octanol–water partition coefficient (Wildman–Crippen LogP) is 9.26. The van der Waals surface area contributed by atoms with Gasteiger partial charge in [-0.15, -0.1) is 0 Å². The molecule has 5 heteroatoms. The zero-order chi connectivity index (χ0) is 26.3. The molecule has 1 saturated carbocycles. The van der Waals surface area contributed by atoms with Gasteiger partial charge in [-0.25, -0.2) is 19.2 Å². The molecule has 0 saturated heterocycles. The number of nitrogens with zero attached hydrogens (tertiary/aromatic N) is 2. The maximum absolute atomic E-state index is 14.8. The van der Waals surface area contributed by atoms with E-state index in [9.17, 15) is 9.18 Å². The summed E-state index contributed by atoms with van der Waals surface area (Å²) >= 11 is 0. The summed E-state index contributed by atoms with van der Waals surface area (Å²) in [4.78, 5) is 21.5. The minimum absolute atomic E-state index is 0.0124. The molecule has 204 valence electrons. The number of rotatable bonds is 16. The summed E-state index contributed by atoms with van der Waals surface area (Å²) in [5.41, 5.74) is 1.66. The average molecular weight is 511 g/mol. The van der Waals surface area contributed by atoms with E-state index in [1.165, 1.54) is 82.8 Å². The highest BCUT2D eigenvalue weighted by Crippen LogP contribution is 2.31. The number of halogens is 1. The second-order valence-electron chi connectivity index (χ2n) is 10.9. The van der Waals surface area contributed by atoms with E-state index in [0.717, 1.165) is 50.0 Å². The number of unbranched alkanes of at least 4 members (excludes halogenated alkanes) is 9. The Bertz CT molecular complexity index is 923. The molecule has 1 fully saturated rings. The molecule has 1 aliphatic carbocycles. The third-order valence-corrected chi connectivity index (χ3v) is 7.75. The van der Waals surface area contributed by atoms with E-state index in [1.54, 1.807) is 6.07 Å². The van der Waals surface area contributed by atoms with Crippen molar-refractivity contribution in [2.24, 2.45) is 5.92 Å². The van der Waals surface area contributed by atoms with Crippen molar-refractivity contribution in [1.82, 2.24) is 9.97 Å². The number of benzene rings is 1. The van der Waals surface area contributed by atoms with Gasteiger partial charge < -0.3 is 4.74 Å². The average Bonchev–Trinajstić information content (AvgIpc) is 2.91. The first-order chi connectivity index (χ1) is 18.1. The molecule has 0 N–H and O–H groups in total. The van der Waals surface area contributed by atoms with Crippen molar-refractivity contribution in [2.75, 3.05) is 0 Å². The number of ether oxygens (including phenoxy) is 1. The molecule has 1 aromatic carbocycles. The van der Waals surface area contributed by atoms with E-state index in [0.29, 0.717) is 11.4 Å². The minimum Gasteiger partial charge on any atom is -0.459 e. The van der Waals surface area contributed by atoms with E-state index < -0.39 is 11.8 Å². The molecule has 1 heterocycles. The quantitative estimate of drug-likeness (QED) is 0.167. The Kier molecular flexibility index (Phi) is 13.1. The molecule has 4 nitrogen and oxygen atoms in total. The van der Waals surface area contributed by atoms with Gasteiger partial charge in [0.2, 0.25) is 0 Å². The lowest BCUT2D eigenvalue weighted by Gasteiger charge is -2.28. The molecule has 0 unspecified atom stereocenters. The van der Waals surface area contributed by atoms with Crippen molar-refractivity contribution in [3.8, 4) is 11.4 Å². The number of aromatic nitrogens is 2. The highest BCUT2D eigenvalue weighted by atomic mass is 19.1. The summed E-state index contributed by atoms with van der Waals surface area (Å²) < 4.78 is 20.5. The second-order valence-corrected chi connectivity index (χ2v) is 10.9. The topological polar surface area (TPSA) is 52.1 Å². The van der Waals surface area contributed by atoms with Gasteiger partial charge in [-0.1, -0.05) is 90.5 Å². The Morgan fingerprint density at radius 1 is 0.865 bits per heavy atom. The molecular formula is C32H47FN2O2. The Morgan fingerprint density at radius 2 is 1.49 bits per heavy atom. The van der Waals surface area contributed by atoms with Crippen LogP contribution in [0.15, 0.2) is 30.6 Å². The van der Waals surface area contributed by atoms with Crippen LogP contribution in [-0.4, -0.2) is 22.0 Å². The minimum atomic E-state index is -0.581. The summed E-state index contributed by atoms with van der Waals surface area (Å²) in [5.74, 6) is 0.0625. The van der Waals surface area contributed by atoms with Gasteiger partial charge >= 0.3 is 5.97 Å². The monoisotopic (exact) mass is 510 g/mol. The van der Waals surface area contributed by atoms with Crippen LogP contribution in [0.3, 0.4) is 0 Å². The number of esters is 1. The van der Waals surface area contributed by atoms with Crippen molar-refractivity contribution < 1.29 is 13.9 Å². The van der Waals surface area contributed by atoms with Gasteiger partial charge in [0, 0.05) is 18.0 Å². The Hall–Kier alpha value is -2.30. The first kappa shape index (κ1) is 29.3. The molecule has 1 aliphatic rings. The van der Waals surface area contributed by atoms with Crippen LogP contribution in [0.2, 0.25) is 0 Å². The fourth-order valence-electron chi connectivity index (χ4n) is 5.35. The third-order valence-electron chi connectivity index (χ3n) is 7.75. The van der Waals surface area contributed by atoms with Gasteiger partial charge in [-0.05, 0) is 62.1 Å². The molecule has 0 aliphatic heterocycles. The number of carbonyl (C=O) groups is 1. The van der Waals surface area contributed by atoms with Crippen LogP contribution in [0.1, 0.15) is 133 Å². The first-order valence-corrected chi connectivity index (χ1v) is 14.9. The highest BCUT2D eigenvalue weighted by molar-refractivity contribution is 5.90. The van der Waals surface area contributed by atoms with E-state index in [2.05, 4.69) is 23.8 Å². The normalized spacial score (nSPS) is 17.6. The van der Waals surface area contributed by atoms with Crippen LogP contribution in [-0.2, 0) is 11.2 Å². The van der Waals surface area contributed by atoms with Crippen molar-refractivity contribution in [3.05, 3.63) is 47.5 Å². The third kappa shape index (κ3) is 10.2. The second kappa shape index (κ2) is 16.5. The molecular weight excluding hydrogens is 463 g/mol. The molecule has 0 spiro atoms. The summed E-state index contributed by atoms with van der Waals surface area (Å²) in [6.45, 7) is 4.47. The highest BCUT2D eigenvalue weighted by Gasteiger charge is 2.25. The van der Waals surface area contributed by atoms with Gasteiger partial charge in [0.15, 0.2) is 5.82 Å². The molecule has 0 radical (unpaired) electrons. The summed E-state index contributed by atoms with van der Waals surface area (Å²) in [6, 6.07) is 4.55. The SMILES string of the molecule is CCCCCCCC[C@H]1CC[C@H](OC(=O)c2ccc(-c3ncc(CCCCCCC)cn3)cc2F)CC1. The van der Waals surface area contributed by atoms with Gasteiger partial charge in [0.05, 0.1) is 5.56 Å². The maximum atomic E-state index is 14.8. The smallest absolute Gasteiger partial charge is 0.341 e. The fourth-order valence-corrected chi connectivity index (χ4v) is 5.35. The van der Waals surface area contributed by atoms with Crippen LogP contribution in [0.4, 0.5) is 4.39 Å². The lowest BCUT2D eigenvalue weighted by atomic mass is 9.84. The van der Waals surface area contributed by atoms with Crippen molar-refractivity contribution in [2.45, 2.75) is 129 Å². The summed E-state index contributed by atoms with van der Waals surface area (Å²) in [7, 11) is 0. The van der Waals surface area contributed by atoms with Crippen molar-refractivity contribution in [1.29, 1.82) is 0 Å². The van der Waals surface area contributed by atoms with Crippen molar-refractivity contribution in [3.63, 3.8) is 0 Å². The first-order valence-electron chi connectivity index (χ1n) is 14.9. The van der Waals surface area contributed by atoms with E-state index in [4.69, 9.17) is 4.74 Å². The molecule has 1 aromatic heterocycles. The largest absolute Gasteiger partial charge is 0.459 e. The molecule has 2 aromatic rings. The predicted molar refractivity (Wildman–Crippen MR) is 149 cm³/mol. The van der Waals surface area contributed by atoms with Crippen LogP contribution in [0.25, 0.3) is 11.4 Å². The van der Waals surface area contributed by atoms with Gasteiger partial charge in [0.25, 0.3) is 0 Å². The lowest BCUT2D eigenvalue weighted by Crippen LogP contribution is -2.25. The van der Waals surface area contributed by atoms with Gasteiger partial charge in [0.1, 0.15) is 11.9 Å². The van der Waals surface area contributed by atoms with Crippen LogP contribution >= 0.6 is 0 Å². The molecule has 0 atom stereocenters. The van der Waals surface area contributed by atoms with Crippen LogP contribution in [0, 0.1) is 11.7 Å². The summed E-state index contributed by atoms with van der Waals surface area (Å²) in [5, 5.41) is 0. The summed E-state index contributed by atoms with van der Waals surface area (Å²) in [6.07, 6.45) is 23.9. The number of aryl methyl sites for hydroxylation is 1. The van der Waals surface area contributed by atoms with Crippen LogP contribution < -0.4 is 0 Å². The number of hydrogen-bond donors (Lipinski definition) is 0. The fraction of sp³-hybridized carbons (Fsp3) is 0.656. The Labute approximate surface area is 223 Å².